The molecule has 0 amide bonds. The molecule has 0 aromatic heterocycles. The van der Waals surface area contributed by atoms with E-state index in [-0.39, 0.29) is 5.75 Å². The highest BCUT2D eigenvalue weighted by atomic mass is 35.5. The van der Waals surface area contributed by atoms with Gasteiger partial charge in [0.25, 0.3) is 0 Å². The number of phenols is 1. The number of allylic oxidation sites excluding steroid dienone is 1. The van der Waals surface area contributed by atoms with E-state index in [9.17, 15) is 5.11 Å². The third-order valence-electron chi connectivity index (χ3n) is 1.49. The second-order valence-corrected chi connectivity index (χ2v) is 2.88. The van der Waals surface area contributed by atoms with Gasteiger partial charge in [0.05, 0.1) is 17.5 Å². The molecule has 3 heteroatoms. The van der Waals surface area contributed by atoms with Gasteiger partial charge in [0.2, 0.25) is 0 Å². The van der Waals surface area contributed by atoms with Crippen LogP contribution in [0.2, 0.25) is 5.02 Å². The average molecular weight is 194 g/mol. The van der Waals surface area contributed by atoms with Crippen LogP contribution in [0.1, 0.15) is 12.0 Å². The fraction of sp³-hybridized carbons (Fsp3) is 0.100. The van der Waals surface area contributed by atoms with E-state index in [1.54, 1.807) is 30.4 Å². The summed E-state index contributed by atoms with van der Waals surface area (Å²) >= 11 is 5.62. The summed E-state index contributed by atoms with van der Waals surface area (Å²) in [5, 5.41) is 17.8. The number of hydrogen-bond acceptors (Lipinski definition) is 2. The summed E-state index contributed by atoms with van der Waals surface area (Å²) in [4.78, 5) is 0. The van der Waals surface area contributed by atoms with Crippen LogP contribution in [0.25, 0.3) is 6.08 Å². The van der Waals surface area contributed by atoms with Crippen LogP contribution in [0.5, 0.6) is 5.75 Å². The lowest BCUT2D eigenvalue weighted by Gasteiger charge is -1.97. The van der Waals surface area contributed by atoms with Gasteiger partial charge >= 0.3 is 0 Å². The van der Waals surface area contributed by atoms with Crippen molar-refractivity contribution in [1.29, 1.82) is 5.26 Å². The molecular formula is C10H8ClNO. The van der Waals surface area contributed by atoms with Gasteiger partial charge in [0.1, 0.15) is 5.75 Å². The van der Waals surface area contributed by atoms with E-state index in [1.807, 2.05) is 6.07 Å². The SMILES string of the molecule is N#CCC=Cc1ccc(Cl)c(O)c1. The molecule has 66 valence electrons. The van der Waals surface area contributed by atoms with Gasteiger partial charge in [0, 0.05) is 0 Å². The minimum Gasteiger partial charge on any atom is -0.506 e. The van der Waals surface area contributed by atoms with Crippen molar-refractivity contribution >= 4 is 17.7 Å². The van der Waals surface area contributed by atoms with Crippen LogP contribution in [-0.2, 0) is 0 Å². The first kappa shape index (κ1) is 9.63. The van der Waals surface area contributed by atoms with Gasteiger partial charge in [-0.2, -0.15) is 5.26 Å². The van der Waals surface area contributed by atoms with Crippen LogP contribution in [0.4, 0.5) is 0 Å². The Balaban J connectivity index is 2.81. The molecule has 0 fully saturated rings. The zero-order valence-electron chi connectivity index (χ0n) is 6.87. The summed E-state index contributed by atoms with van der Waals surface area (Å²) in [5.41, 5.74) is 0.831. The first-order valence-electron chi connectivity index (χ1n) is 3.76. The van der Waals surface area contributed by atoms with Crippen molar-refractivity contribution in [2.75, 3.05) is 0 Å². The first-order valence-corrected chi connectivity index (χ1v) is 4.14. The van der Waals surface area contributed by atoms with Crippen LogP contribution in [-0.4, -0.2) is 5.11 Å². The molecule has 1 rings (SSSR count). The molecule has 0 aliphatic carbocycles. The van der Waals surface area contributed by atoms with Gasteiger partial charge in [-0.15, -0.1) is 0 Å². The van der Waals surface area contributed by atoms with Gasteiger partial charge in [-0.1, -0.05) is 29.8 Å². The Hall–Kier alpha value is -1.46. The van der Waals surface area contributed by atoms with Gasteiger partial charge in [-0.3, -0.25) is 0 Å². The summed E-state index contributed by atoms with van der Waals surface area (Å²) in [6.07, 6.45) is 3.85. The summed E-state index contributed by atoms with van der Waals surface area (Å²) < 4.78 is 0. The van der Waals surface area contributed by atoms with Crippen LogP contribution in [0.15, 0.2) is 24.3 Å². The van der Waals surface area contributed by atoms with Crippen molar-refractivity contribution in [2.45, 2.75) is 6.42 Å². The van der Waals surface area contributed by atoms with Gasteiger partial charge in [-0.05, 0) is 17.7 Å². The number of phenolic OH excluding ortho intramolecular Hbond substituents is 1. The monoisotopic (exact) mass is 193 g/mol. The Morgan fingerprint density at radius 3 is 2.92 bits per heavy atom. The van der Waals surface area contributed by atoms with E-state index in [4.69, 9.17) is 16.9 Å². The Morgan fingerprint density at radius 2 is 2.31 bits per heavy atom. The lowest BCUT2D eigenvalue weighted by molar-refractivity contribution is 0.475. The molecule has 0 saturated heterocycles. The highest BCUT2D eigenvalue weighted by Crippen LogP contribution is 2.24. The largest absolute Gasteiger partial charge is 0.506 e. The summed E-state index contributed by atoms with van der Waals surface area (Å²) in [7, 11) is 0. The average Bonchev–Trinajstić information content (AvgIpc) is 2.12. The number of hydrogen-bond donors (Lipinski definition) is 1. The van der Waals surface area contributed by atoms with Crippen LogP contribution in [0.3, 0.4) is 0 Å². The molecular weight excluding hydrogens is 186 g/mol. The van der Waals surface area contributed by atoms with E-state index in [0.29, 0.717) is 11.4 Å². The van der Waals surface area contributed by atoms with Gasteiger partial charge < -0.3 is 5.11 Å². The van der Waals surface area contributed by atoms with E-state index in [1.165, 1.54) is 0 Å². The molecule has 0 saturated carbocycles. The molecule has 1 aromatic rings. The lowest BCUT2D eigenvalue weighted by atomic mass is 10.2. The zero-order valence-corrected chi connectivity index (χ0v) is 7.62. The highest BCUT2D eigenvalue weighted by molar-refractivity contribution is 6.32. The Morgan fingerprint density at radius 1 is 1.54 bits per heavy atom. The second kappa shape index (κ2) is 4.54. The maximum Gasteiger partial charge on any atom is 0.134 e. The zero-order chi connectivity index (χ0) is 9.68. The molecule has 0 bridgehead atoms. The third-order valence-corrected chi connectivity index (χ3v) is 1.81. The molecule has 13 heavy (non-hydrogen) atoms. The number of halogens is 1. The molecule has 1 N–H and O–H groups in total. The molecule has 0 radical (unpaired) electrons. The molecule has 0 aliphatic rings. The number of nitrogens with zero attached hydrogens (tertiary/aromatic N) is 1. The van der Waals surface area contributed by atoms with Crippen LogP contribution in [0, 0.1) is 11.3 Å². The quantitative estimate of drug-likeness (QED) is 0.785. The van der Waals surface area contributed by atoms with E-state index < -0.39 is 0 Å². The van der Waals surface area contributed by atoms with E-state index in [0.717, 1.165) is 5.56 Å². The molecule has 0 unspecified atom stereocenters. The smallest absolute Gasteiger partial charge is 0.134 e. The fourth-order valence-corrected chi connectivity index (χ4v) is 0.999. The minimum absolute atomic E-state index is 0.0563. The number of rotatable bonds is 2. The predicted octanol–water partition coefficient (Wildman–Crippen LogP) is 2.97. The minimum atomic E-state index is 0.0563. The standard InChI is InChI=1S/C10H8ClNO/c11-9-5-4-8(7-10(9)13)3-1-2-6-12/h1,3-5,7,13H,2H2. The van der Waals surface area contributed by atoms with Crippen molar-refractivity contribution in [3.63, 3.8) is 0 Å². The summed E-state index contributed by atoms with van der Waals surface area (Å²) in [6, 6.07) is 6.93. The van der Waals surface area contributed by atoms with E-state index in [2.05, 4.69) is 0 Å². The predicted molar refractivity (Wildman–Crippen MR) is 52.4 cm³/mol. The number of nitriles is 1. The molecule has 2 nitrogen and oxygen atoms in total. The number of benzene rings is 1. The molecule has 1 aromatic carbocycles. The normalized spacial score (nSPS) is 10.2. The molecule has 0 atom stereocenters. The van der Waals surface area contributed by atoms with Crippen molar-refractivity contribution in [2.24, 2.45) is 0 Å². The molecule has 0 aliphatic heterocycles. The second-order valence-electron chi connectivity index (χ2n) is 2.48. The molecule has 0 heterocycles. The maximum atomic E-state index is 9.23. The Kier molecular flexibility index (Phi) is 3.36. The van der Waals surface area contributed by atoms with Gasteiger partial charge in [0.15, 0.2) is 0 Å². The van der Waals surface area contributed by atoms with E-state index >= 15 is 0 Å². The Bertz CT molecular complexity index is 366. The van der Waals surface area contributed by atoms with Crippen molar-refractivity contribution in [1.82, 2.24) is 0 Å². The summed E-state index contributed by atoms with van der Waals surface area (Å²) in [6.45, 7) is 0. The fourth-order valence-electron chi connectivity index (χ4n) is 0.881. The van der Waals surface area contributed by atoms with Crippen LogP contribution < -0.4 is 0 Å². The lowest BCUT2D eigenvalue weighted by Crippen LogP contribution is -1.73. The van der Waals surface area contributed by atoms with Crippen molar-refractivity contribution < 1.29 is 5.11 Å². The first-order chi connectivity index (χ1) is 6.24. The topological polar surface area (TPSA) is 44.0 Å². The van der Waals surface area contributed by atoms with Gasteiger partial charge in [-0.25, -0.2) is 0 Å². The maximum absolute atomic E-state index is 9.23. The van der Waals surface area contributed by atoms with Crippen molar-refractivity contribution in [3.05, 3.63) is 34.9 Å². The Labute approximate surface area is 81.7 Å². The van der Waals surface area contributed by atoms with Crippen molar-refractivity contribution in [3.8, 4) is 11.8 Å². The number of aromatic hydroxyl groups is 1. The third kappa shape index (κ3) is 2.81. The molecule has 0 spiro atoms. The van der Waals surface area contributed by atoms with Crippen LogP contribution >= 0.6 is 11.6 Å². The highest BCUT2D eigenvalue weighted by Gasteiger charge is 1.96. The summed E-state index contributed by atoms with van der Waals surface area (Å²) in [5.74, 6) is 0.0563.